The average molecular weight is 364 g/mol. The summed E-state index contributed by atoms with van der Waals surface area (Å²) in [6.07, 6.45) is 0. The lowest BCUT2D eigenvalue weighted by molar-refractivity contribution is -0.148. The third-order valence-corrected chi connectivity index (χ3v) is 5.38. The summed E-state index contributed by atoms with van der Waals surface area (Å²) >= 11 is 3.22. The summed E-state index contributed by atoms with van der Waals surface area (Å²) in [5, 5.41) is 9.23. The zero-order chi connectivity index (χ0) is 15.0. The fourth-order valence-corrected chi connectivity index (χ4v) is 3.51. The van der Waals surface area contributed by atoms with E-state index in [-0.39, 0.29) is 18.1 Å². The maximum Gasteiger partial charge on any atom is 0.313 e. The van der Waals surface area contributed by atoms with Gasteiger partial charge in [-0.2, -0.15) is 0 Å². The van der Waals surface area contributed by atoms with Gasteiger partial charge in [-0.15, -0.1) is 0 Å². The zero-order valence-corrected chi connectivity index (χ0v) is 13.1. The standard InChI is InChI=1S/C12H14BrNO5S/c1-12(11(15)16)7-19-6-10(12)14-20(17,18)9-4-2-8(13)3-5-9/h2-5,10,14H,6-7H2,1H3,(H,15,16). The number of aliphatic carboxylic acids is 1. The highest BCUT2D eigenvalue weighted by Gasteiger charge is 2.48. The zero-order valence-electron chi connectivity index (χ0n) is 10.7. The van der Waals surface area contributed by atoms with E-state index in [1.807, 2.05) is 0 Å². The maximum atomic E-state index is 12.2. The molecule has 110 valence electrons. The third kappa shape index (κ3) is 2.88. The predicted molar refractivity (Wildman–Crippen MR) is 74.8 cm³/mol. The molecule has 2 atom stereocenters. The van der Waals surface area contributed by atoms with Crippen LogP contribution in [0.2, 0.25) is 0 Å². The highest BCUT2D eigenvalue weighted by molar-refractivity contribution is 9.10. The summed E-state index contributed by atoms with van der Waals surface area (Å²) in [5.41, 5.74) is -1.26. The molecule has 1 aromatic carbocycles. The Labute approximate surface area is 125 Å². The van der Waals surface area contributed by atoms with Crippen molar-refractivity contribution in [1.82, 2.24) is 4.72 Å². The molecule has 0 saturated carbocycles. The number of rotatable bonds is 4. The number of halogens is 1. The molecule has 2 unspecified atom stereocenters. The molecule has 1 saturated heterocycles. The van der Waals surface area contributed by atoms with Crippen molar-refractivity contribution in [2.45, 2.75) is 17.9 Å². The van der Waals surface area contributed by atoms with Crippen molar-refractivity contribution in [1.29, 1.82) is 0 Å². The molecule has 2 N–H and O–H groups in total. The Morgan fingerprint density at radius 2 is 2.05 bits per heavy atom. The Kier molecular flexibility index (Phi) is 4.19. The number of nitrogens with one attached hydrogen (secondary N) is 1. The van der Waals surface area contributed by atoms with E-state index < -0.39 is 27.4 Å². The number of sulfonamides is 1. The molecule has 20 heavy (non-hydrogen) atoms. The van der Waals surface area contributed by atoms with Crippen LogP contribution in [0.15, 0.2) is 33.6 Å². The third-order valence-electron chi connectivity index (χ3n) is 3.37. The second-order valence-corrected chi connectivity index (χ2v) is 7.50. The van der Waals surface area contributed by atoms with Gasteiger partial charge in [0.2, 0.25) is 10.0 Å². The van der Waals surface area contributed by atoms with E-state index >= 15 is 0 Å². The molecule has 1 heterocycles. The quantitative estimate of drug-likeness (QED) is 0.838. The van der Waals surface area contributed by atoms with Crippen molar-refractivity contribution >= 4 is 31.9 Å². The van der Waals surface area contributed by atoms with Gasteiger partial charge in [0.25, 0.3) is 0 Å². The van der Waals surface area contributed by atoms with Crippen LogP contribution in [0.1, 0.15) is 6.92 Å². The number of benzene rings is 1. The van der Waals surface area contributed by atoms with Gasteiger partial charge in [0.1, 0.15) is 5.41 Å². The SMILES string of the molecule is CC1(C(=O)O)COCC1NS(=O)(=O)c1ccc(Br)cc1. The summed E-state index contributed by atoms with van der Waals surface area (Å²) in [4.78, 5) is 11.4. The Morgan fingerprint density at radius 3 is 2.60 bits per heavy atom. The monoisotopic (exact) mass is 363 g/mol. The van der Waals surface area contributed by atoms with Crippen LogP contribution < -0.4 is 4.72 Å². The minimum absolute atomic E-state index is 0.0180. The number of hydrogen-bond acceptors (Lipinski definition) is 4. The lowest BCUT2D eigenvalue weighted by Crippen LogP contribution is -2.49. The topological polar surface area (TPSA) is 92.7 Å². The average Bonchev–Trinajstić information content (AvgIpc) is 2.72. The molecule has 1 aromatic rings. The highest BCUT2D eigenvalue weighted by Crippen LogP contribution is 2.30. The fourth-order valence-electron chi connectivity index (χ4n) is 1.92. The minimum atomic E-state index is -3.78. The van der Waals surface area contributed by atoms with E-state index in [9.17, 15) is 18.3 Å². The van der Waals surface area contributed by atoms with E-state index in [0.717, 1.165) is 4.47 Å². The molecular weight excluding hydrogens is 350 g/mol. The van der Waals surface area contributed by atoms with Gasteiger partial charge in [0, 0.05) is 4.47 Å². The van der Waals surface area contributed by atoms with Gasteiger partial charge in [-0.3, -0.25) is 4.79 Å². The second kappa shape index (κ2) is 5.44. The number of carboxylic acids is 1. The van der Waals surface area contributed by atoms with E-state index in [1.54, 1.807) is 12.1 Å². The van der Waals surface area contributed by atoms with Crippen LogP contribution in [0, 0.1) is 5.41 Å². The van der Waals surface area contributed by atoms with Crippen molar-refractivity contribution in [2.24, 2.45) is 5.41 Å². The molecule has 8 heteroatoms. The van der Waals surface area contributed by atoms with Gasteiger partial charge in [-0.05, 0) is 31.2 Å². The maximum absolute atomic E-state index is 12.2. The van der Waals surface area contributed by atoms with Crippen LogP contribution in [0.3, 0.4) is 0 Å². The molecule has 1 aliphatic rings. The van der Waals surface area contributed by atoms with Crippen LogP contribution in [0.5, 0.6) is 0 Å². The van der Waals surface area contributed by atoms with Gasteiger partial charge >= 0.3 is 5.97 Å². The molecule has 6 nitrogen and oxygen atoms in total. The van der Waals surface area contributed by atoms with Gasteiger partial charge < -0.3 is 9.84 Å². The number of carbonyl (C=O) groups is 1. The van der Waals surface area contributed by atoms with Crippen LogP contribution in [0.25, 0.3) is 0 Å². The van der Waals surface area contributed by atoms with Gasteiger partial charge in [0.15, 0.2) is 0 Å². The molecule has 1 aliphatic heterocycles. The fraction of sp³-hybridized carbons (Fsp3) is 0.417. The highest BCUT2D eigenvalue weighted by atomic mass is 79.9. The van der Waals surface area contributed by atoms with Crippen LogP contribution in [0.4, 0.5) is 0 Å². The van der Waals surface area contributed by atoms with Crippen molar-refractivity contribution < 1.29 is 23.1 Å². The molecule has 0 aliphatic carbocycles. The molecule has 0 aromatic heterocycles. The van der Waals surface area contributed by atoms with Crippen LogP contribution in [-0.4, -0.2) is 38.7 Å². The summed E-state index contributed by atoms with van der Waals surface area (Å²) < 4.78 is 32.8. The molecule has 0 bridgehead atoms. The minimum Gasteiger partial charge on any atom is -0.481 e. The van der Waals surface area contributed by atoms with E-state index in [2.05, 4.69) is 20.7 Å². The van der Waals surface area contributed by atoms with Gasteiger partial charge in [-0.1, -0.05) is 15.9 Å². The molecule has 0 spiro atoms. The molecule has 0 amide bonds. The second-order valence-electron chi connectivity index (χ2n) is 4.87. The van der Waals surface area contributed by atoms with Gasteiger partial charge in [-0.25, -0.2) is 13.1 Å². The van der Waals surface area contributed by atoms with E-state index in [1.165, 1.54) is 19.1 Å². The molecule has 2 rings (SSSR count). The lowest BCUT2D eigenvalue weighted by atomic mass is 9.86. The molecule has 1 fully saturated rings. The van der Waals surface area contributed by atoms with Crippen molar-refractivity contribution in [3.05, 3.63) is 28.7 Å². The summed E-state index contributed by atoms with van der Waals surface area (Å²) in [6, 6.07) is 5.31. The Balaban J connectivity index is 2.24. The van der Waals surface area contributed by atoms with Crippen LogP contribution in [-0.2, 0) is 19.6 Å². The van der Waals surface area contributed by atoms with Crippen molar-refractivity contribution in [2.75, 3.05) is 13.2 Å². The molecular formula is C12H14BrNO5S. The first-order valence-electron chi connectivity index (χ1n) is 5.85. The number of hydrogen-bond donors (Lipinski definition) is 2. The Bertz CT molecular complexity index is 615. The van der Waals surface area contributed by atoms with Crippen molar-refractivity contribution in [3.63, 3.8) is 0 Å². The predicted octanol–water partition coefficient (Wildman–Crippen LogP) is 1.22. The first-order chi connectivity index (χ1) is 9.25. The largest absolute Gasteiger partial charge is 0.481 e. The Morgan fingerprint density at radius 1 is 1.45 bits per heavy atom. The Hall–Kier alpha value is -0.960. The first kappa shape index (κ1) is 15.4. The van der Waals surface area contributed by atoms with E-state index in [4.69, 9.17) is 4.74 Å². The molecule has 0 radical (unpaired) electrons. The first-order valence-corrected chi connectivity index (χ1v) is 8.12. The van der Waals surface area contributed by atoms with Crippen molar-refractivity contribution in [3.8, 4) is 0 Å². The van der Waals surface area contributed by atoms with E-state index in [0.29, 0.717) is 0 Å². The summed E-state index contributed by atoms with van der Waals surface area (Å²) in [5.74, 6) is -1.08. The van der Waals surface area contributed by atoms with Crippen LogP contribution >= 0.6 is 15.9 Å². The summed E-state index contributed by atoms with van der Waals surface area (Å²) in [7, 11) is -3.78. The summed E-state index contributed by atoms with van der Waals surface area (Å²) in [6.45, 7) is 1.49. The normalized spacial score (nSPS) is 26.6. The van der Waals surface area contributed by atoms with Gasteiger partial charge in [0.05, 0.1) is 24.2 Å². The lowest BCUT2D eigenvalue weighted by Gasteiger charge is -2.25. The number of ether oxygens (including phenoxy) is 1. The number of carboxylic acid groups (broad SMARTS) is 1. The smallest absolute Gasteiger partial charge is 0.313 e.